The van der Waals surface area contributed by atoms with Crippen LogP contribution in [0, 0.1) is 17.2 Å². The summed E-state index contributed by atoms with van der Waals surface area (Å²) in [5.74, 6) is -0.448. The molecule has 1 amide bonds. The first-order valence-electron chi connectivity index (χ1n) is 9.01. The molecule has 2 heterocycles. The quantitative estimate of drug-likeness (QED) is 0.696. The van der Waals surface area contributed by atoms with Crippen molar-refractivity contribution in [3.63, 3.8) is 0 Å². The predicted molar refractivity (Wildman–Crippen MR) is 103 cm³/mol. The van der Waals surface area contributed by atoms with E-state index in [-0.39, 0.29) is 35.3 Å². The monoisotopic (exact) mass is 411 g/mol. The van der Waals surface area contributed by atoms with E-state index in [1.807, 2.05) is 6.07 Å². The van der Waals surface area contributed by atoms with Gasteiger partial charge in [0, 0.05) is 24.7 Å². The highest BCUT2D eigenvalue weighted by Gasteiger charge is 2.33. The van der Waals surface area contributed by atoms with E-state index in [2.05, 4.69) is 20.3 Å². The highest BCUT2D eigenvalue weighted by molar-refractivity contribution is 7.89. The third-order valence-electron chi connectivity index (χ3n) is 4.97. The van der Waals surface area contributed by atoms with E-state index < -0.39 is 10.0 Å². The number of nitrogens with zero attached hydrogens (tertiary/aromatic N) is 4. The number of sulfonamides is 1. The van der Waals surface area contributed by atoms with Gasteiger partial charge in [-0.3, -0.25) is 4.79 Å². The van der Waals surface area contributed by atoms with Gasteiger partial charge < -0.3 is 5.32 Å². The van der Waals surface area contributed by atoms with Gasteiger partial charge in [0.2, 0.25) is 15.9 Å². The summed E-state index contributed by atoms with van der Waals surface area (Å²) >= 11 is 0. The molecular weight excluding hydrogens is 394 g/mol. The molecule has 9 nitrogen and oxygen atoms in total. The number of amides is 1. The molecule has 10 heteroatoms. The number of nitrogens with one attached hydrogen (secondary N) is 1. The second-order valence-electron chi connectivity index (χ2n) is 6.74. The molecule has 3 aromatic rings. The van der Waals surface area contributed by atoms with Crippen molar-refractivity contribution in [2.45, 2.75) is 17.7 Å². The summed E-state index contributed by atoms with van der Waals surface area (Å²) in [6.07, 6.45) is 0.822. The normalized spacial score (nSPS) is 15.8. The third kappa shape index (κ3) is 3.70. The minimum atomic E-state index is -3.77. The first-order chi connectivity index (χ1) is 14.0. The minimum Gasteiger partial charge on any atom is -0.326 e. The van der Waals surface area contributed by atoms with Gasteiger partial charge in [0.05, 0.1) is 11.6 Å². The first-order valence-corrected chi connectivity index (χ1v) is 10.5. The Labute approximate surface area is 166 Å². The number of hydrogen-bond acceptors (Lipinski definition) is 7. The van der Waals surface area contributed by atoms with Crippen molar-refractivity contribution in [2.75, 3.05) is 18.4 Å². The van der Waals surface area contributed by atoms with Crippen LogP contribution in [0.4, 0.5) is 5.69 Å². The molecule has 1 saturated heterocycles. The Morgan fingerprint density at radius 1 is 1.14 bits per heavy atom. The third-order valence-corrected chi connectivity index (χ3v) is 6.90. The molecule has 1 aliphatic rings. The van der Waals surface area contributed by atoms with Gasteiger partial charge in [-0.15, -0.1) is 0 Å². The van der Waals surface area contributed by atoms with Gasteiger partial charge in [-0.05, 0) is 59.6 Å². The van der Waals surface area contributed by atoms with E-state index in [4.69, 9.17) is 5.26 Å². The van der Waals surface area contributed by atoms with E-state index >= 15 is 0 Å². The van der Waals surface area contributed by atoms with Gasteiger partial charge in [0.1, 0.15) is 10.4 Å². The summed E-state index contributed by atoms with van der Waals surface area (Å²) in [7, 11) is -3.77. The molecule has 0 saturated carbocycles. The van der Waals surface area contributed by atoms with Gasteiger partial charge in [-0.2, -0.15) is 9.57 Å². The zero-order valence-corrected chi connectivity index (χ0v) is 16.1. The molecule has 1 N–H and O–H groups in total. The average molecular weight is 411 g/mol. The molecule has 0 bridgehead atoms. The Bertz CT molecular complexity index is 1190. The summed E-state index contributed by atoms with van der Waals surface area (Å²) < 4.78 is 32.1. The Morgan fingerprint density at radius 2 is 1.86 bits per heavy atom. The molecule has 0 radical (unpaired) electrons. The number of rotatable bonds is 4. The summed E-state index contributed by atoms with van der Waals surface area (Å²) in [6.45, 7) is 0.463. The maximum Gasteiger partial charge on any atom is 0.245 e. The van der Waals surface area contributed by atoms with E-state index in [1.165, 1.54) is 10.4 Å². The van der Waals surface area contributed by atoms with Crippen LogP contribution >= 0.6 is 0 Å². The number of hydrogen-bond donors (Lipinski definition) is 1. The number of anilines is 1. The number of aromatic nitrogens is 2. The van der Waals surface area contributed by atoms with E-state index in [1.54, 1.807) is 36.4 Å². The van der Waals surface area contributed by atoms with Crippen molar-refractivity contribution in [2.24, 2.45) is 5.92 Å². The van der Waals surface area contributed by atoms with E-state index in [9.17, 15) is 13.2 Å². The van der Waals surface area contributed by atoms with Crippen LogP contribution in [0.25, 0.3) is 11.0 Å². The highest BCUT2D eigenvalue weighted by atomic mass is 32.2. The molecule has 0 unspecified atom stereocenters. The fraction of sp³-hybridized carbons (Fsp3) is 0.263. The van der Waals surface area contributed by atoms with Crippen LogP contribution in [-0.4, -0.2) is 42.0 Å². The summed E-state index contributed by atoms with van der Waals surface area (Å²) in [4.78, 5) is 12.6. The summed E-state index contributed by atoms with van der Waals surface area (Å²) in [6, 6.07) is 13.3. The minimum absolute atomic E-state index is 0.0525. The van der Waals surface area contributed by atoms with Crippen molar-refractivity contribution < 1.29 is 17.8 Å². The van der Waals surface area contributed by atoms with Gasteiger partial charge >= 0.3 is 0 Å². The molecule has 0 spiro atoms. The number of carbonyl (C=O) groups is 1. The Kier molecular flexibility index (Phi) is 5.00. The van der Waals surface area contributed by atoms with Gasteiger partial charge in [-0.1, -0.05) is 6.07 Å². The molecule has 1 aromatic heterocycles. The van der Waals surface area contributed by atoms with Crippen molar-refractivity contribution in [1.82, 2.24) is 14.6 Å². The SMILES string of the molecule is N#Cc1ccc(NC(=O)C2CCN(S(=O)(=O)c3cccc4nonc34)CC2)cc1. The molecular formula is C19H17N5O4S. The highest BCUT2D eigenvalue weighted by Crippen LogP contribution is 2.28. The largest absolute Gasteiger partial charge is 0.326 e. The lowest BCUT2D eigenvalue weighted by Crippen LogP contribution is -2.41. The number of fused-ring (bicyclic) bond motifs is 1. The Balaban J connectivity index is 1.42. The molecule has 148 valence electrons. The van der Waals surface area contributed by atoms with Crippen molar-refractivity contribution in [3.8, 4) is 6.07 Å². The number of nitriles is 1. The smallest absolute Gasteiger partial charge is 0.245 e. The topological polar surface area (TPSA) is 129 Å². The molecule has 0 atom stereocenters. The van der Waals surface area contributed by atoms with Crippen molar-refractivity contribution >= 4 is 32.7 Å². The van der Waals surface area contributed by atoms with E-state index in [0.29, 0.717) is 29.6 Å². The van der Waals surface area contributed by atoms with Crippen LogP contribution in [0.5, 0.6) is 0 Å². The maximum atomic E-state index is 13.0. The van der Waals surface area contributed by atoms with Crippen molar-refractivity contribution in [3.05, 3.63) is 48.0 Å². The molecule has 0 aliphatic carbocycles. The molecule has 4 rings (SSSR count). The molecule has 1 aliphatic heterocycles. The molecule has 1 fully saturated rings. The lowest BCUT2D eigenvalue weighted by Gasteiger charge is -2.30. The molecule has 2 aromatic carbocycles. The average Bonchev–Trinajstić information content (AvgIpc) is 3.23. The van der Waals surface area contributed by atoms with Crippen LogP contribution < -0.4 is 5.32 Å². The lowest BCUT2D eigenvalue weighted by atomic mass is 9.97. The zero-order valence-electron chi connectivity index (χ0n) is 15.3. The zero-order chi connectivity index (χ0) is 20.4. The van der Waals surface area contributed by atoms with Crippen LogP contribution in [0.2, 0.25) is 0 Å². The Hall–Kier alpha value is -3.29. The maximum absolute atomic E-state index is 13.0. The second-order valence-corrected chi connectivity index (χ2v) is 8.65. The van der Waals surface area contributed by atoms with Gasteiger partial charge in [0.15, 0.2) is 5.52 Å². The molecule has 29 heavy (non-hydrogen) atoms. The fourth-order valence-corrected chi connectivity index (χ4v) is 4.97. The second kappa shape index (κ2) is 7.62. The van der Waals surface area contributed by atoms with Gasteiger partial charge in [-0.25, -0.2) is 13.0 Å². The number of carbonyl (C=O) groups excluding carboxylic acids is 1. The van der Waals surface area contributed by atoms with Crippen LogP contribution in [0.1, 0.15) is 18.4 Å². The fourth-order valence-electron chi connectivity index (χ4n) is 3.36. The first kappa shape index (κ1) is 19.0. The number of benzene rings is 2. The van der Waals surface area contributed by atoms with Crippen LogP contribution in [0.3, 0.4) is 0 Å². The Morgan fingerprint density at radius 3 is 2.55 bits per heavy atom. The van der Waals surface area contributed by atoms with E-state index in [0.717, 1.165) is 0 Å². The predicted octanol–water partition coefficient (Wildman–Crippen LogP) is 2.13. The van der Waals surface area contributed by atoms with Crippen LogP contribution in [0.15, 0.2) is 52.0 Å². The van der Waals surface area contributed by atoms with Crippen LogP contribution in [-0.2, 0) is 14.8 Å². The van der Waals surface area contributed by atoms with Crippen molar-refractivity contribution in [1.29, 1.82) is 5.26 Å². The summed E-state index contributed by atoms with van der Waals surface area (Å²) in [5.41, 5.74) is 1.70. The van der Waals surface area contributed by atoms with Gasteiger partial charge in [0.25, 0.3) is 0 Å². The number of piperidine rings is 1. The summed E-state index contributed by atoms with van der Waals surface area (Å²) in [5, 5.41) is 19.0. The lowest BCUT2D eigenvalue weighted by molar-refractivity contribution is -0.120. The standard InChI is InChI=1S/C19H17N5O4S/c20-12-13-4-6-15(7-5-13)21-19(25)14-8-10-24(11-9-14)29(26,27)17-3-1-2-16-18(17)23-28-22-16/h1-7,14H,8-11H2,(H,21,25).